The van der Waals surface area contributed by atoms with Gasteiger partial charge < -0.3 is 15.5 Å². The van der Waals surface area contributed by atoms with Crippen LogP contribution in [-0.4, -0.2) is 29.9 Å². The lowest BCUT2D eigenvalue weighted by Crippen LogP contribution is -2.30. The molecule has 0 aliphatic heterocycles. The van der Waals surface area contributed by atoms with Gasteiger partial charge in [0.1, 0.15) is 6.10 Å². The van der Waals surface area contributed by atoms with Gasteiger partial charge in [-0.2, -0.15) is 5.26 Å². The smallest absolute Gasteiger partial charge is 0.107 e. The Morgan fingerprint density at radius 1 is 1.44 bits per heavy atom. The van der Waals surface area contributed by atoms with Crippen molar-refractivity contribution in [3.8, 4) is 6.07 Å². The molecule has 0 saturated heterocycles. The average Bonchev–Trinajstić information content (AvgIpc) is 2.28. The SMILES string of the molecule is CNCC(O)C(O)c1ccc(C)cc1C#N. The molecular formula is C12H16N2O2. The van der Waals surface area contributed by atoms with Gasteiger partial charge in [0.25, 0.3) is 0 Å². The van der Waals surface area contributed by atoms with Crippen molar-refractivity contribution in [2.24, 2.45) is 0 Å². The van der Waals surface area contributed by atoms with Gasteiger partial charge in [0.15, 0.2) is 0 Å². The minimum Gasteiger partial charge on any atom is -0.389 e. The summed E-state index contributed by atoms with van der Waals surface area (Å²) < 4.78 is 0. The largest absolute Gasteiger partial charge is 0.389 e. The quantitative estimate of drug-likeness (QED) is 0.690. The highest BCUT2D eigenvalue weighted by Gasteiger charge is 2.20. The molecule has 16 heavy (non-hydrogen) atoms. The topological polar surface area (TPSA) is 76.3 Å². The van der Waals surface area contributed by atoms with Crippen LogP contribution in [0, 0.1) is 18.3 Å². The standard InChI is InChI=1S/C12H16N2O2/c1-8-3-4-10(9(5-8)6-13)12(16)11(15)7-14-2/h3-5,11-12,14-16H,7H2,1-2H3. The third kappa shape index (κ3) is 2.80. The van der Waals surface area contributed by atoms with Crippen LogP contribution >= 0.6 is 0 Å². The third-order valence-electron chi connectivity index (χ3n) is 2.43. The Hall–Kier alpha value is -1.41. The number of hydrogen-bond acceptors (Lipinski definition) is 4. The van der Waals surface area contributed by atoms with E-state index < -0.39 is 12.2 Å². The Labute approximate surface area is 95.2 Å². The highest BCUT2D eigenvalue weighted by atomic mass is 16.3. The lowest BCUT2D eigenvalue weighted by atomic mass is 9.97. The van der Waals surface area contributed by atoms with E-state index in [2.05, 4.69) is 5.32 Å². The highest BCUT2D eigenvalue weighted by Crippen LogP contribution is 2.21. The van der Waals surface area contributed by atoms with Crippen molar-refractivity contribution in [3.63, 3.8) is 0 Å². The molecule has 0 aliphatic rings. The summed E-state index contributed by atoms with van der Waals surface area (Å²) in [6.07, 6.45) is -1.96. The monoisotopic (exact) mass is 220 g/mol. The zero-order valence-corrected chi connectivity index (χ0v) is 9.44. The molecule has 0 saturated carbocycles. The normalized spacial score (nSPS) is 14.2. The van der Waals surface area contributed by atoms with Gasteiger partial charge in [-0.1, -0.05) is 12.1 Å². The Kier molecular flexibility index (Phi) is 4.44. The number of aliphatic hydroxyl groups excluding tert-OH is 2. The van der Waals surface area contributed by atoms with Crippen LogP contribution in [-0.2, 0) is 0 Å². The minimum atomic E-state index is -1.04. The van der Waals surface area contributed by atoms with E-state index in [0.29, 0.717) is 11.1 Å². The number of likely N-dealkylation sites (N-methyl/N-ethyl adjacent to an activating group) is 1. The first kappa shape index (κ1) is 12.7. The molecule has 0 amide bonds. The van der Waals surface area contributed by atoms with E-state index in [1.54, 1.807) is 19.2 Å². The van der Waals surface area contributed by atoms with E-state index >= 15 is 0 Å². The van der Waals surface area contributed by atoms with Crippen LogP contribution in [0.1, 0.15) is 22.8 Å². The van der Waals surface area contributed by atoms with Crippen molar-refractivity contribution in [3.05, 3.63) is 34.9 Å². The maximum atomic E-state index is 9.88. The summed E-state index contributed by atoms with van der Waals surface area (Å²) in [6.45, 7) is 2.15. The van der Waals surface area contributed by atoms with Crippen molar-refractivity contribution in [2.45, 2.75) is 19.1 Å². The number of aliphatic hydroxyl groups is 2. The van der Waals surface area contributed by atoms with Crippen LogP contribution in [0.15, 0.2) is 18.2 Å². The number of benzene rings is 1. The maximum absolute atomic E-state index is 9.88. The fourth-order valence-electron chi connectivity index (χ4n) is 1.55. The number of hydrogen-bond donors (Lipinski definition) is 3. The number of aryl methyl sites for hydroxylation is 1. The number of nitriles is 1. The average molecular weight is 220 g/mol. The van der Waals surface area contributed by atoms with Crippen LogP contribution in [0.25, 0.3) is 0 Å². The van der Waals surface area contributed by atoms with Crippen molar-refractivity contribution in [1.29, 1.82) is 5.26 Å². The number of rotatable bonds is 4. The van der Waals surface area contributed by atoms with Crippen molar-refractivity contribution in [1.82, 2.24) is 5.32 Å². The molecule has 0 spiro atoms. The van der Waals surface area contributed by atoms with Gasteiger partial charge in [-0.3, -0.25) is 0 Å². The maximum Gasteiger partial charge on any atom is 0.107 e. The zero-order chi connectivity index (χ0) is 12.1. The lowest BCUT2D eigenvalue weighted by molar-refractivity contribution is 0.0201. The second kappa shape index (κ2) is 5.61. The van der Waals surface area contributed by atoms with Gasteiger partial charge >= 0.3 is 0 Å². The summed E-state index contributed by atoms with van der Waals surface area (Å²) in [5.41, 5.74) is 1.83. The van der Waals surface area contributed by atoms with Gasteiger partial charge in [-0.25, -0.2) is 0 Å². The predicted molar refractivity (Wildman–Crippen MR) is 60.8 cm³/mol. The summed E-state index contributed by atoms with van der Waals surface area (Å²) in [5.74, 6) is 0. The first-order valence-electron chi connectivity index (χ1n) is 5.11. The van der Waals surface area contributed by atoms with Gasteiger partial charge in [0, 0.05) is 12.1 Å². The van der Waals surface area contributed by atoms with Crippen LogP contribution in [0.2, 0.25) is 0 Å². The summed E-state index contributed by atoms with van der Waals surface area (Å²) in [7, 11) is 1.69. The summed E-state index contributed by atoms with van der Waals surface area (Å²) in [4.78, 5) is 0. The highest BCUT2D eigenvalue weighted by molar-refractivity contribution is 5.41. The molecule has 0 fully saturated rings. The van der Waals surface area contributed by atoms with E-state index in [1.807, 2.05) is 19.1 Å². The second-order valence-electron chi connectivity index (χ2n) is 3.77. The number of nitrogens with zero attached hydrogens (tertiary/aromatic N) is 1. The zero-order valence-electron chi connectivity index (χ0n) is 9.44. The van der Waals surface area contributed by atoms with Crippen molar-refractivity contribution in [2.75, 3.05) is 13.6 Å². The fourth-order valence-corrected chi connectivity index (χ4v) is 1.55. The van der Waals surface area contributed by atoms with Crippen LogP contribution < -0.4 is 5.32 Å². The third-order valence-corrected chi connectivity index (χ3v) is 2.43. The lowest BCUT2D eigenvalue weighted by Gasteiger charge is -2.19. The Morgan fingerprint density at radius 2 is 2.12 bits per heavy atom. The summed E-state index contributed by atoms with van der Waals surface area (Å²) in [6, 6.07) is 7.21. The molecular weight excluding hydrogens is 204 g/mol. The molecule has 4 heteroatoms. The molecule has 4 nitrogen and oxygen atoms in total. The van der Waals surface area contributed by atoms with Gasteiger partial charge in [-0.15, -0.1) is 0 Å². The van der Waals surface area contributed by atoms with Crippen LogP contribution in [0.4, 0.5) is 0 Å². The van der Waals surface area contributed by atoms with Crippen molar-refractivity contribution >= 4 is 0 Å². The van der Waals surface area contributed by atoms with Crippen LogP contribution in [0.5, 0.6) is 0 Å². The molecule has 0 aromatic heterocycles. The first-order chi connectivity index (χ1) is 7.60. The van der Waals surface area contributed by atoms with E-state index in [1.165, 1.54) is 0 Å². The summed E-state index contributed by atoms with van der Waals surface area (Å²) in [5, 5.41) is 31.2. The van der Waals surface area contributed by atoms with E-state index in [-0.39, 0.29) is 6.54 Å². The molecule has 0 bridgehead atoms. The Bertz CT molecular complexity index is 398. The molecule has 2 unspecified atom stereocenters. The van der Waals surface area contributed by atoms with E-state index in [9.17, 15) is 10.2 Å². The molecule has 86 valence electrons. The van der Waals surface area contributed by atoms with Gasteiger partial charge in [0.2, 0.25) is 0 Å². The van der Waals surface area contributed by atoms with Crippen molar-refractivity contribution < 1.29 is 10.2 Å². The molecule has 1 aromatic rings. The molecule has 0 aliphatic carbocycles. The summed E-state index contributed by atoms with van der Waals surface area (Å²) >= 11 is 0. The molecule has 0 heterocycles. The fraction of sp³-hybridized carbons (Fsp3) is 0.417. The van der Waals surface area contributed by atoms with Gasteiger partial charge in [0.05, 0.1) is 17.7 Å². The molecule has 1 rings (SSSR count). The number of nitrogens with one attached hydrogen (secondary N) is 1. The molecule has 0 radical (unpaired) electrons. The van der Waals surface area contributed by atoms with E-state index in [4.69, 9.17) is 5.26 Å². The Morgan fingerprint density at radius 3 is 2.69 bits per heavy atom. The van der Waals surface area contributed by atoms with Crippen LogP contribution in [0.3, 0.4) is 0 Å². The predicted octanol–water partition coefficient (Wildman–Crippen LogP) is 0.480. The van der Waals surface area contributed by atoms with Gasteiger partial charge in [-0.05, 0) is 25.6 Å². The molecule has 2 atom stereocenters. The molecule has 3 N–H and O–H groups in total. The minimum absolute atomic E-state index is 0.278. The molecule has 1 aromatic carbocycles. The first-order valence-corrected chi connectivity index (χ1v) is 5.11. The second-order valence-corrected chi connectivity index (χ2v) is 3.77. The Balaban J connectivity index is 2.99. The van der Waals surface area contributed by atoms with E-state index in [0.717, 1.165) is 5.56 Å².